The number of rotatable bonds is 3. The van der Waals surface area contributed by atoms with Gasteiger partial charge in [-0.25, -0.2) is 4.79 Å². The number of esters is 1. The number of carbonyl (C=O) groups excluding carboxylic acids is 1. The molecule has 2 unspecified atom stereocenters. The van der Waals surface area contributed by atoms with Crippen molar-refractivity contribution in [1.29, 1.82) is 0 Å². The third kappa shape index (κ3) is 11.4. The van der Waals surface area contributed by atoms with Gasteiger partial charge in [-0.3, -0.25) is 0 Å². The van der Waals surface area contributed by atoms with Crippen molar-refractivity contribution in [2.24, 2.45) is 0 Å². The van der Waals surface area contributed by atoms with Crippen LogP contribution in [0.25, 0.3) is 0 Å². The lowest BCUT2D eigenvalue weighted by atomic mass is 10.4. The molecule has 3 aliphatic heterocycles. The maximum atomic E-state index is 10.7. The minimum atomic E-state index is -0.337. The van der Waals surface area contributed by atoms with E-state index in [4.69, 9.17) is 14.2 Å². The molecule has 0 amide bonds. The molecule has 5 nitrogen and oxygen atoms in total. The van der Waals surface area contributed by atoms with Crippen molar-refractivity contribution in [2.45, 2.75) is 26.1 Å². The highest BCUT2D eigenvalue weighted by Crippen LogP contribution is 2.09. The van der Waals surface area contributed by atoms with Gasteiger partial charge in [0.2, 0.25) is 0 Å². The molecule has 0 aromatic rings. The molecule has 98 valence electrons. The van der Waals surface area contributed by atoms with Crippen LogP contribution in [0.5, 0.6) is 0 Å². The number of ether oxygens (including phenoxy) is 4. The summed E-state index contributed by atoms with van der Waals surface area (Å²) in [6, 6.07) is 0. The Labute approximate surface area is 102 Å². The fraction of sp³-hybridized carbons (Fsp3) is 0.750. The van der Waals surface area contributed by atoms with Gasteiger partial charge in [-0.1, -0.05) is 6.58 Å². The summed E-state index contributed by atoms with van der Waals surface area (Å²) in [5.74, 6) is -0.337. The van der Waals surface area contributed by atoms with E-state index in [1.807, 2.05) is 0 Å². The van der Waals surface area contributed by atoms with Crippen LogP contribution in [0.4, 0.5) is 0 Å². The molecular weight excluding hydrogens is 224 g/mol. The van der Waals surface area contributed by atoms with Crippen LogP contribution in [-0.2, 0) is 23.7 Å². The summed E-state index contributed by atoms with van der Waals surface area (Å²) in [5, 5.41) is 0. The molecule has 3 aliphatic rings. The zero-order valence-corrected chi connectivity index (χ0v) is 10.4. The maximum absolute atomic E-state index is 10.7. The van der Waals surface area contributed by atoms with E-state index in [0.717, 1.165) is 19.8 Å². The molecule has 5 heteroatoms. The average molecular weight is 244 g/mol. The van der Waals surface area contributed by atoms with Crippen LogP contribution in [0.2, 0.25) is 0 Å². The molecule has 3 rings (SSSR count). The maximum Gasteiger partial charge on any atom is 0.333 e. The molecule has 0 spiro atoms. The highest BCUT2D eigenvalue weighted by atomic mass is 16.6. The van der Waals surface area contributed by atoms with Crippen molar-refractivity contribution in [3.05, 3.63) is 12.2 Å². The largest absolute Gasteiger partial charge is 0.459 e. The first-order chi connectivity index (χ1) is 8.09. The molecule has 0 aliphatic carbocycles. The fourth-order valence-corrected chi connectivity index (χ4v) is 0.552. The number of carbonyl (C=O) groups is 1. The summed E-state index contributed by atoms with van der Waals surface area (Å²) in [6.45, 7) is 11.2. The second-order valence-corrected chi connectivity index (χ2v) is 4.09. The minimum absolute atomic E-state index is 0.142. The average Bonchev–Trinajstić information content (AvgIpc) is 3.16. The predicted octanol–water partition coefficient (Wildman–Crippen LogP) is 0.926. The second kappa shape index (κ2) is 7.42. The molecule has 0 radical (unpaired) electrons. The number of hydrogen-bond donors (Lipinski definition) is 0. The smallest absolute Gasteiger partial charge is 0.333 e. The van der Waals surface area contributed by atoms with Gasteiger partial charge >= 0.3 is 5.97 Å². The lowest BCUT2D eigenvalue weighted by Gasteiger charge is -1.99. The molecule has 0 bridgehead atoms. The van der Waals surface area contributed by atoms with Crippen LogP contribution >= 0.6 is 0 Å². The van der Waals surface area contributed by atoms with E-state index >= 15 is 0 Å². The van der Waals surface area contributed by atoms with Crippen LogP contribution in [0.15, 0.2) is 12.2 Å². The Morgan fingerprint density at radius 3 is 2.06 bits per heavy atom. The van der Waals surface area contributed by atoms with Gasteiger partial charge < -0.3 is 18.9 Å². The molecular formula is C12H20O5. The lowest BCUT2D eigenvalue weighted by Crippen LogP contribution is -2.09. The van der Waals surface area contributed by atoms with Gasteiger partial charge in [-0.05, 0) is 13.8 Å². The molecule has 3 saturated heterocycles. The Hall–Kier alpha value is -0.910. The zero-order valence-electron chi connectivity index (χ0n) is 10.4. The molecule has 0 aromatic heterocycles. The van der Waals surface area contributed by atoms with Crippen LogP contribution in [0, 0.1) is 0 Å². The van der Waals surface area contributed by atoms with Gasteiger partial charge in [0, 0.05) is 5.57 Å². The lowest BCUT2D eigenvalue weighted by molar-refractivity contribution is -0.139. The highest BCUT2D eigenvalue weighted by Gasteiger charge is 2.24. The van der Waals surface area contributed by atoms with Gasteiger partial charge in [0.15, 0.2) is 0 Å². The molecule has 2 atom stereocenters. The molecule has 0 saturated carbocycles. The summed E-state index contributed by atoms with van der Waals surface area (Å²) in [7, 11) is 0. The third-order valence-corrected chi connectivity index (χ3v) is 1.86. The van der Waals surface area contributed by atoms with E-state index < -0.39 is 0 Å². The van der Waals surface area contributed by atoms with E-state index in [1.54, 1.807) is 6.92 Å². The van der Waals surface area contributed by atoms with Crippen molar-refractivity contribution < 1.29 is 23.7 Å². The number of hydrogen-bond acceptors (Lipinski definition) is 5. The van der Waals surface area contributed by atoms with Crippen LogP contribution in [0.3, 0.4) is 0 Å². The van der Waals surface area contributed by atoms with Crippen molar-refractivity contribution >= 4 is 5.97 Å². The van der Waals surface area contributed by atoms with Crippen molar-refractivity contribution in [3.8, 4) is 0 Å². The summed E-state index contributed by atoms with van der Waals surface area (Å²) < 4.78 is 18.8. The normalized spacial score (nSPS) is 26.5. The first-order valence-electron chi connectivity index (χ1n) is 5.73. The van der Waals surface area contributed by atoms with E-state index in [2.05, 4.69) is 18.2 Å². The van der Waals surface area contributed by atoms with Crippen molar-refractivity contribution in [2.75, 3.05) is 33.0 Å². The Bertz CT molecular complexity index is 251. The van der Waals surface area contributed by atoms with E-state index in [0.29, 0.717) is 24.9 Å². The predicted molar refractivity (Wildman–Crippen MR) is 61.7 cm³/mol. The molecule has 17 heavy (non-hydrogen) atoms. The fourth-order valence-electron chi connectivity index (χ4n) is 0.552. The van der Waals surface area contributed by atoms with Crippen LogP contribution < -0.4 is 0 Å². The van der Waals surface area contributed by atoms with Gasteiger partial charge in [0.25, 0.3) is 0 Å². The summed E-state index contributed by atoms with van der Waals surface area (Å²) in [5.41, 5.74) is 0.431. The van der Waals surface area contributed by atoms with Crippen LogP contribution in [-0.4, -0.2) is 51.2 Å². The van der Waals surface area contributed by atoms with Crippen LogP contribution in [0.1, 0.15) is 13.8 Å². The Morgan fingerprint density at radius 1 is 1.35 bits per heavy atom. The first kappa shape index (κ1) is 14.2. The Kier molecular flexibility index (Phi) is 6.18. The summed E-state index contributed by atoms with van der Waals surface area (Å²) in [4.78, 5) is 10.7. The standard InChI is InChI=1S/C7H10O3.C3H6O.C2H4O/c1-5(2)7(8)10-4-6-3-9-6;1-3-2-4-3;1-2-3-1/h6H,1,3-4H2,2H3;3H,2H2,1H3;1-2H2. The van der Waals surface area contributed by atoms with E-state index in [-0.39, 0.29) is 12.1 Å². The molecule has 3 heterocycles. The molecule has 3 fully saturated rings. The summed E-state index contributed by atoms with van der Waals surface area (Å²) >= 11 is 0. The van der Waals surface area contributed by atoms with Gasteiger partial charge in [-0.15, -0.1) is 0 Å². The summed E-state index contributed by atoms with van der Waals surface area (Å²) in [6.07, 6.45) is 0.725. The quantitative estimate of drug-likeness (QED) is 0.420. The second-order valence-electron chi connectivity index (χ2n) is 4.09. The monoisotopic (exact) mass is 244 g/mol. The third-order valence-electron chi connectivity index (χ3n) is 1.86. The SMILES string of the molecule is C1CO1.C=C(C)C(=O)OCC1CO1.CC1CO1. The highest BCUT2D eigenvalue weighted by molar-refractivity contribution is 5.86. The van der Waals surface area contributed by atoms with Gasteiger partial charge in [-0.2, -0.15) is 0 Å². The van der Waals surface area contributed by atoms with Crippen molar-refractivity contribution in [3.63, 3.8) is 0 Å². The Morgan fingerprint density at radius 2 is 1.82 bits per heavy atom. The van der Waals surface area contributed by atoms with Crippen molar-refractivity contribution in [1.82, 2.24) is 0 Å². The zero-order chi connectivity index (χ0) is 12.7. The van der Waals surface area contributed by atoms with E-state index in [9.17, 15) is 4.79 Å². The number of epoxide rings is 3. The first-order valence-corrected chi connectivity index (χ1v) is 5.73. The minimum Gasteiger partial charge on any atom is -0.459 e. The molecule has 0 N–H and O–H groups in total. The Balaban J connectivity index is 0.000000166. The van der Waals surface area contributed by atoms with Gasteiger partial charge in [0.1, 0.15) is 12.7 Å². The van der Waals surface area contributed by atoms with E-state index in [1.165, 1.54) is 0 Å². The topological polar surface area (TPSA) is 63.9 Å². The molecule has 0 aromatic carbocycles. The van der Waals surface area contributed by atoms with Gasteiger partial charge in [0.05, 0.1) is 32.5 Å².